The smallest absolute Gasteiger partial charge is 0.137 e. The summed E-state index contributed by atoms with van der Waals surface area (Å²) in [5.74, 6) is 0.207. The number of anilines is 1. The van der Waals surface area contributed by atoms with Crippen LogP contribution in [0.5, 0.6) is 0 Å². The van der Waals surface area contributed by atoms with Crippen LogP contribution in [-0.4, -0.2) is 21.6 Å². The highest BCUT2D eigenvalue weighted by atomic mass is 19.1. The van der Waals surface area contributed by atoms with Crippen molar-refractivity contribution in [3.8, 4) is 0 Å². The lowest BCUT2D eigenvalue weighted by Gasteiger charge is -2.34. The summed E-state index contributed by atoms with van der Waals surface area (Å²) in [5.41, 5.74) is 1.88. The van der Waals surface area contributed by atoms with Gasteiger partial charge in [-0.15, -0.1) is 0 Å². The van der Waals surface area contributed by atoms with Crippen molar-refractivity contribution >= 4 is 16.7 Å². The molecule has 0 radical (unpaired) electrons. The van der Waals surface area contributed by atoms with Crippen LogP contribution >= 0.6 is 0 Å². The first-order valence-electron chi connectivity index (χ1n) is 8.11. The Labute approximate surface area is 139 Å². The maximum atomic E-state index is 13.6. The molecule has 1 aliphatic carbocycles. The molecule has 4 nitrogen and oxygen atoms in total. The second-order valence-electron chi connectivity index (χ2n) is 6.28. The van der Waals surface area contributed by atoms with E-state index in [4.69, 9.17) is 0 Å². The van der Waals surface area contributed by atoms with Crippen LogP contribution in [0, 0.1) is 5.82 Å². The molecule has 1 aromatic heterocycles. The molecular formula is C19H18FN3O. The molecule has 1 atom stereocenters. The Balaban J connectivity index is 1.65. The highest BCUT2D eigenvalue weighted by Gasteiger charge is 2.34. The summed E-state index contributed by atoms with van der Waals surface area (Å²) in [6.45, 7) is 0.326. The number of rotatable bonds is 3. The Morgan fingerprint density at radius 2 is 2.04 bits per heavy atom. The zero-order valence-electron chi connectivity index (χ0n) is 13.2. The van der Waals surface area contributed by atoms with Crippen molar-refractivity contribution in [3.63, 3.8) is 0 Å². The van der Waals surface area contributed by atoms with E-state index in [9.17, 15) is 9.50 Å². The van der Waals surface area contributed by atoms with Crippen LogP contribution in [0.25, 0.3) is 10.9 Å². The first-order valence-corrected chi connectivity index (χ1v) is 8.11. The minimum Gasteiger partial charge on any atom is -0.383 e. The molecule has 0 fully saturated rings. The van der Waals surface area contributed by atoms with E-state index in [0.29, 0.717) is 29.7 Å². The van der Waals surface area contributed by atoms with E-state index in [2.05, 4.69) is 21.4 Å². The summed E-state index contributed by atoms with van der Waals surface area (Å²) >= 11 is 0. The highest BCUT2D eigenvalue weighted by molar-refractivity contribution is 5.88. The average molecular weight is 323 g/mol. The zero-order valence-corrected chi connectivity index (χ0v) is 13.2. The van der Waals surface area contributed by atoms with Crippen LogP contribution in [-0.2, 0) is 12.0 Å². The van der Waals surface area contributed by atoms with E-state index in [0.717, 1.165) is 18.4 Å². The van der Waals surface area contributed by atoms with Gasteiger partial charge in [0.15, 0.2) is 0 Å². The molecular weight excluding hydrogens is 305 g/mol. The van der Waals surface area contributed by atoms with Crippen molar-refractivity contribution in [2.75, 3.05) is 11.9 Å². The number of benzene rings is 2. The predicted molar refractivity (Wildman–Crippen MR) is 91.3 cm³/mol. The fourth-order valence-corrected chi connectivity index (χ4v) is 3.48. The Morgan fingerprint density at radius 3 is 2.96 bits per heavy atom. The van der Waals surface area contributed by atoms with Gasteiger partial charge in [-0.05, 0) is 48.6 Å². The predicted octanol–water partition coefficient (Wildman–Crippen LogP) is 3.40. The summed E-state index contributed by atoms with van der Waals surface area (Å²) < 4.78 is 13.6. The van der Waals surface area contributed by atoms with Gasteiger partial charge in [0, 0.05) is 11.9 Å². The zero-order chi connectivity index (χ0) is 16.6. The Hall–Kier alpha value is -2.53. The molecule has 0 bridgehead atoms. The van der Waals surface area contributed by atoms with Gasteiger partial charge in [0.05, 0.1) is 5.52 Å². The van der Waals surface area contributed by atoms with E-state index in [-0.39, 0.29) is 5.82 Å². The maximum Gasteiger partial charge on any atom is 0.137 e. The summed E-state index contributed by atoms with van der Waals surface area (Å²) in [6, 6.07) is 12.4. The molecule has 0 unspecified atom stereocenters. The molecule has 122 valence electrons. The molecule has 4 rings (SSSR count). The Bertz CT molecular complexity index is 899. The standard InChI is InChI=1S/C19H18FN3O/c20-14-7-8-17-15(10-14)18(23-12-22-17)21-11-19(24)9-3-5-13-4-1-2-6-16(13)19/h1-2,4,6-8,10,12,24H,3,5,9,11H2,(H,21,22,23)/t19-/m1/s1. The molecule has 24 heavy (non-hydrogen) atoms. The third-order valence-corrected chi connectivity index (χ3v) is 4.70. The molecule has 2 aromatic carbocycles. The van der Waals surface area contributed by atoms with E-state index in [1.54, 1.807) is 6.07 Å². The molecule has 3 aromatic rings. The van der Waals surface area contributed by atoms with Crippen LogP contribution in [0.1, 0.15) is 24.0 Å². The van der Waals surface area contributed by atoms with E-state index >= 15 is 0 Å². The van der Waals surface area contributed by atoms with Gasteiger partial charge >= 0.3 is 0 Å². The van der Waals surface area contributed by atoms with Gasteiger partial charge in [-0.3, -0.25) is 0 Å². The van der Waals surface area contributed by atoms with Crippen LogP contribution in [0.4, 0.5) is 10.2 Å². The van der Waals surface area contributed by atoms with E-state index in [1.165, 1.54) is 24.0 Å². The Morgan fingerprint density at radius 1 is 1.17 bits per heavy atom. The van der Waals surface area contributed by atoms with Crippen molar-refractivity contribution in [3.05, 3.63) is 65.7 Å². The lowest BCUT2D eigenvalue weighted by Crippen LogP contribution is -2.37. The van der Waals surface area contributed by atoms with Crippen LogP contribution in [0.15, 0.2) is 48.8 Å². The van der Waals surface area contributed by atoms with Gasteiger partial charge in [0.1, 0.15) is 23.6 Å². The van der Waals surface area contributed by atoms with Crippen molar-refractivity contribution in [1.29, 1.82) is 0 Å². The molecule has 1 aliphatic rings. The first-order chi connectivity index (χ1) is 11.7. The third-order valence-electron chi connectivity index (χ3n) is 4.70. The fourth-order valence-electron chi connectivity index (χ4n) is 3.48. The van der Waals surface area contributed by atoms with Crippen molar-refractivity contribution in [2.45, 2.75) is 24.9 Å². The molecule has 0 saturated heterocycles. The molecule has 0 amide bonds. The van der Waals surface area contributed by atoms with Crippen LogP contribution in [0.2, 0.25) is 0 Å². The van der Waals surface area contributed by atoms with E-state index in [1.807, 2.05) is 18.2 Å². The fraction of sp³-hybridized carbons (Fsp3) is 0.263. The number of aryl methyl sites for hydroxylation is 1. The minimum atomic E-state index is -0.945. The number of aromatic nitrogens is 2. The van der Waals surface area contributed by atoms with Crippen molar-refractivity contribution in [1.82, 2.24) is 9.97 Å². The van der Waals surface area contributed by atoms with Gasteiger partial charge in [-0.2, -0.15) is 0 Å². The minimum absolute atomic E-state index is 0.326. The number of halogens is 1. The number of nitrogens with zero attached hydrogens (tertiary/aromatic N) is 2. The van der Waals surface area contributed by atoms with Crippen LogP contribution < -0.4 is 5.32 Å². The summed E-state index contributed by atoms with van der Waals surface area (Å²) in [5, 5.41) is 14.9. The second-order valence-corrected chi connectivity index (χ2v) is 6.28. The van der Waals surface area contributed by atoms with Gasteiger partial charge in [0.25, 0.3) is 0 Å². The lowest BCUT2D eigenvalue weighted by atomic mass is 9.79. The number of hydrogen-bond donors (Lipinski definition) is 2. The van der Waals surface area contributed by atoms with Gasteiger partial charge in [-0.1, -0.05) is 24.3 Å². The van der Waals surface area contributed by atoms with Gasteiger partial charge in [-0.25, -0.2) is 14.4 Å². The third kappa shape index (κ3) is 2.61. The summed E-state index contributed by atoms with van der Waals surface area (Å²) in [4.78, 5) is 8.37. The maximum absolute atomic E-state index is 13.6. The molecule has 0 spiro atoms. The lowest BCUT2D eigenvalue weighted by molar-refractivity contribution is 0.0322. The van der Waals surface area contributed by atoms with Crippen molar-refractivity contribution < 1.29 is 9.50 Å². The first kappa shape index (κ1) is 15.0. The Kier molecular flexibility index (Phi) is 3.65. The number of nitrogens with one attached hydrogen (secondary N) is 1. The summed E-state index contributed by atoms with van der Waals surface area (Å²) in [6.07, 6.45) is 4.06. The largest absolute Gasteiger partial charge is 0.383 e. The van der Waals surface area contributed by atoms with E-state index < -0.39 is 5.60 Å². The topological polar surface area (TPSA) is 58.0 Å². The number of fused-ring (bicyclic) bond motifs is 2. The summed E-state index contributed by atoms with van der Waals surface area (Å²) in [7, 11) is 0. The average Bonchev–Trinajstić information content (AvgIpc) is 2.60. The molecule has 1 heterocycles. The van der Waals surface area contributed by atoms with Gasteiger partial charge in [0.2, 0.25) is 0 Å². The van der Waals surface area contributed by atoms with Crippen molar-refractivity contribution in [2.24, 2.45) is 0 Å². The number of aliphatic hydroxyl groups is 1. The highest BCUT2D eigenvalue weighted by Crippen LogP contribution is 2.35. The number of hydrogen-bond acceptors (Lipinski definition) is 4. The van der Waals surface area contributed by atoms with Crippen LogP contribution in [0.3, 0.4) is 0 Å². The normalized spacial score (nSPS) is 19.9. The molecule has 0 aliphatic heterocycles. The quantitative estimate of drug-likeness (QED) is 0.775. The molecule has 0 saturated carbocycles. The SMILES string of the molecule is O[C@@]1(CNc2ncnc3ccc(F)cc23)CCCc2ccccc21. The van der Waals surface area contributed by atoms with Gasteiger partial charge < -0.3 is 10.4 Å². The molecule has 5 heteroatoms. The monoisotopic (exact) mass is 323 g/mol. The molecule has 2 N–H and O–H groups in total. The second kappa shape index (κ2) is 5.83.